The highest BCUT2D eigenvalue weighted by molar-refractivity contribution is 8.93. The zero-order valence-corrected chi connectivity index (χ0v) is 23.3. The first kappa shape index (κ1) is 27.4. The fourth-order valence-electron chi connectivity index (χ4n) is 4.28. The van der Waals surface area contributed by atoms with Gasteiger partial charge in [0.1, 0.15) is 0 Å². The Morgan fingerprint density at radius 2 is 1.76 bits per heavy atom. The average Bonchev–Trinajstić information content (AvgIpc) is 2.93. The van der Waals surface area contributed by atoms with E-state index >= 15 is 0 Å². The molecule has 1 aliphatic heterocycles. The molecule has 0 radical (unpaired) electrons. The van der Waals surface area contributed by atoms with Crippen LogP contribution in [0.15, 0.2) is 79.3 Å². The quantitative estimate of drug-likeness (QED) is 0.315. The van der Waals surface area contributed by atoms with Crippen molar-refractivity contribution in [2.75, 3.05) is 43.9 Å². The first-order valence-corrected chi connectivity index (χ1v) is 12.5. The van der Waals surface area contributed by atoms with Gasteiger partial charge in [-0.15, -0.1) is 17.0 Å². The number of nitrogens with one attached hydrogen (secondary N) is 2. The third-order valence-corrected chi connectivity index (χ3v) is 6.57. The Hall–Kier alpha value is -3.66. The first-order valence-electron chi connectivity index (χ1n) is 12.5. The predicted molar refractivity (Wildman–Crippen MR) is 157 cm³/mol. The lowest BCUT2D eigenvalue weighted by atomic mass is 10.1. The number of hydrogen-bond acceptors (Lipinski definition) is 7. The summed E-state index contributed by atoms with van der Waals surface area (Å²) in [7, 11) is 2.16. The van der Waals surface area contributed by atoms with Crippen LogP contribution in [0.3, 0.4) is 0 Å². The molecule has 1 fully saturated rings. The highest BCUT2D eigenvalue weighted by Crippen LogP contribution is 2.24. The second kappa shape index (κ2) is 12.7. The van der Waals surface area contributed by atoms with Crippen LogP contribution in [0.1, 0.15) is 21.5 Å². The molecule has 0 aliphatic carbocycles. The standard InChI is InChI=1S/C29H31N7O.BrH/c1-21-5-10-25(18-27(21)34-29-31-13-11-26(33-29)24-4-3-12-30-19-24)32-28(37)23-8-6-22(7-9-23)20-36-16-14-35(2)15-17-36;/h3-13,18-19H,14-17,20H2,1-2H3,(H,32,37)(H,31,33,34);1H. The van der Waals surface area contributed by atoms with Crippen molar-refractivity contribution in [1.29, 1.82) is 0 Å². The molecule has 1 saturated heterocycles. The van der Waals surface area contributed by atoms with Gasteiger partial charge in [0.2, 0.25) is 5.95 Å². The number of hydrogen-bond donors (Lipinski definition) is 2. The molecule has 38 heavy (non-hydrogen) atoms. The largest absolute Gasteiger partial charge is 0.324 e. The van der Waals surface area contributed by atoms with Gasteiger partial charge in [0.25, 0.3) is 5.91 Å². The van der Waals surface area contributed by atoms with E-state index in [1.807, 2.05) is 67.6 Å². The molecule has 9 heteroatoms. The maximum atomic E-state index is 12.9. The maximum absolute atomic E-state index is 12.9. The van der Waals surface area contributed by atoms with E-state index in [0.29, 0.717) is 17.2 Å². The van der Waals surface area contributed by atoms with Crippen LogP contribution in [0.25, 0.3) is 11.3 Å². The average molecular weight is 575 g/mol. The van der Waals surface area contributed by atoms with Crippen molar-refractivity contribution >= 4 is 40.2 Å². The van der Waals surface area contributed by atoms with Crippen molar-refractivity contribution in [1.82, 2.24) is 24.8 Å². The zero-order valence-electron chi connectivity index (χ0n) is 21.6. The number of carbonyl (C=O) groups excluding carboxylic acids is 1. The summed E-state index contributed by atoms with van der Waals surface area (Å²) >= 11 is 0. The molecule has 0 spiro atoms. The van der Waals surface area contributed by atoms with E-state index < -0.39 is 0 Å². The van der Waals surface area contributed by atoms with Gasteiger partial charge < -0.3 is 15.5 Å². The number of aryl methyl sites for hydroxylation is 1. The number of amides is 1. The molecule has 8 nitrogen and oxygen atoms in total. The van der Waals surface area contributed by atoms with E-state index in [9.17, 15) is 4.79 Å². The summed E-state index contributed by atoms with van der Waals surface area (Å²) < 4.78 is 0. The molecule has 2 aromatic carbocycles. The molecule has 4 aromatic rings. The second-order valence-electron chi connectivity index (χ2n) is 9.39. The van der Waals surface area contributed by atoms with Gasteiger partial charge in [-0.05, 0) is 67.6 Å². The number of nitrogens with zero attached hydrogens (tertiary/aromatic N) is 5. The Labute approximate surface area is 233 Å². The lowest BCUT2D eigenvalue weighted by Crippen LogP contribution is -2.43. The normalized spacial score (nSPS) is 13.9. The molecule has 5 rings (SSSR count). The van der Waals surface area contributed by atoms with Crippen LogP contribution < -0.4 is 10.6 Å². The van der Waals surface area contributed by atoms with Gasteiger partial charge in [-0.1, -0.05) is 18.2 Å². The molecule has 0 saturated carbocycles. The van der Waals surface area contributed by atoms with Crippen molar-refractivity contribution in [3.8, 4) is 11.3 Å². The highest BCUT2D eigenvalue weighted by atomic mass is 79.9. The Kier molecular flexibility index (Phi) is 9.17. The van der Waals surface area contributed by atoms with Gasteiger partial charge in [-0.25, -0.2) is 9.97 Å². The maximum Gasteiger partial charge on any atom is 0.255 e. The summed E-state index contributed by atoms with van der Waals surface area (Å²) in [6.45, 7) is 7.24. The molecule has 0 atom stereocenters. The number of carbonyl (C=O) groups is 1. The second-order valence-corrected chi connectivity index (χ2v) is 9.39. The number of likely N-dealkylation sites (N-methyl/N-ethyl adjacent to an activating group) is 1. The number of rotatable bonds is 7. The molecular formula is C29H32BrN7O. The number of pyridine rings is 1. The van der Waals surface area contributed by atoms with Crippen molar-refractivity contribution in [2.45, 2.75) is 13.5 Å². The molecule has 2 aromatic heterocycles. The van der Waals surface area contributed by atoms with Crippen LogP contribution in [0, 0.1) is 6.92 Å². The topological polar surface area (TPSA) is 86.3 Å². The summed E-state index contributed by atoms with van der Waals surface area (Å²) in [6, 6.07) is 19.3. The van der Waals surface area contributed by atoms with Crippen molar-refractivity contribution < 1.29 is 4.79 Å². The smallest absolute Gasteiger partial charge is 0.255 e. The molecule has 1 amide bonds. The number of benzene rings is 2. The SMILES string of the molecule is Br.Cc1ccc(NC(=O)c2ccc(CN3CCN(C)CC3)cc2)cc1Nc1nccc(-c2cccnc2)n1. The zero-order chi connectivity index (χ0) is 25.6. The first-order chi connectivity index (χ1) is 18.0. The molecular weight excluding hydrogens is 542 g/mol. The minimum atomic E-state index is -0.143. The van der Waals surface area contributed by atoms with E-state index in [4.69, 9.17) is 0 Å². The number of halogens is 1. The fraction of sp³-hybridized carbons (Fsp3) is 0.241. The van der Waals surface area contributed by atoms with Crippen LogP contribution in [0.5, 0.6) is 0 Å². The Bertz CT molecular complexity index is 1360. The van der Waals surface area contributed by atoms with Crippen molar-refractivity contribution in [2.24, 2.45) is 0 Å². The van der Waals surface area contributed by atoms with Gasteiger partial charge in [0, 0.05) is 73.8 Å². The van der Waals surface area contributed by atoms with Crippen molar-refractivity contribution in [3.63, 3.8) is 0 Å². The van der Waals surface area contributed by atoms with Gasteiger partial charge in [0.15, 0.2) is 0 Å². The van der Waals surface area contributed by atoms with Gasteiger partial charge in [-0.2, -0.15) is 0 Å². The summed E-state index contributed by atoms with van der Waals surface area (Å²) in [5.74, 6) is 0.333. The Morgan fingerprint density at radius 1 is 0.974 bits per heavy atom. The third-order valence-electron chi connectivity index (χ3n) is 6.57. The Balaban J connectivity index is 0.00000336. The molecule has 0 bridgehead atoms. The number of anilines is 3. The molecule has 0 unspecified atom stereocenters. The molecule has 1 aliphatic rings. The predicted octanol–water partition coefficient (Wildman–Crippen LogP) is 5.17. The van der Waals surface area contributed by atoms with Crippen LogP contribution in [0.2, 0.25) is 0 Å². The van der Waals surface area contributed by atoms with E-state index in [2.05, 4.69) is 42.4 Å². The molecule has 3 heterocycles. The summed E-state index contributed by atoms with van der Waals surface area (Å²) in [5, 5.41) is 6.29. The number of aromatic nitrogens is 3. The van der Waals surface area contributed by atoms with Crippen LogP contribution in [-0.2, 0) is 6.54 Å². The summed E-state index contributed by atoms with van der Waals surface area (Å²) in [4.78, 5) is 30.9. The fourth-order valence-corrected chi connectivity index (χ4v) is 4.28. The van der Waals surface area contributed by atoms with E-state index in [1.165, 1.54) is 5.56 Å². The van der Waals surface area contributed by atoms with E-state index in [1.54, 1.807) is 18.6 Å². The van der Waals surface area contributed by atoms with E-state index in [-0.39, 0.29) is 22.9 Å². The minimum absolute atomic E-state index is 0. The summed E-state index contributed by atoms with van der Waals surface area (Å²) in [5.41, 5.74) is 6.08. The third kappa shape index (κ3) is 7.00. The van der Waals surface area contributed by atoms with Gasteiger partial charge >= 0.3 is 0 Å². The number of piperazine rings is 1. The Morgan fingerprint density at radius 3 is 2.50 bits per heavy atom. The van der Waals surface area contributed by atoms with Crippen LogP contribution in [-0.4, -0.2) is 63.9 Å². The van der Waals surface area contributed by atoms with Gasteiger partial charge in [-0.3, -0.25) is 14.7 Å². The van der Waals surface area contributed by atoms with Crippen LogP contribution >= 0.6 is 17.0 Å². The lowest BCUT2D eigenvalue weighted by Gasteiger charge is -2.32. The highest BCUT2D eigenvalue weighted by Gasteiger charge is 2.14. The molecule has 196 valence electrons. The minimum Gasteiger partial charge on any atom is -0.324 e. The monoisotopic (exact) mass is 573 g/mol. The van der Waals surface area contributed by atoms with Gasteiger partial charge in [0.05, 0.1) is 5.69 Å². The molecule has 2 N–H and O–H groups in total. The van der Waals surface area contributed by atoms with Crippen molar-refractivity contribution in [3.05, 3.63) is 95.9 Å². The van der Waals surface area contributed by atoms with E-state index in [0.717, 1.165) is 55.2 Å². The summed E-state index contributed by atoms with van der Waals surface area (Å²) in [6.07, 6.45) is 5.22. The lowest BCUT2D eigenvalue weighted by molar-refractivity contribution is 0.102. The van der Waals surface area contributed by atoms with Crippen LogP contribution in [0.4, 0.5) is 17.3 Å².